The third kappa shape index (κ3) is 3.59. The van der Waals surface area contributed by atoms with Gasteiger partial charge >= 0.3 is 0 Å². The first-order chi connectivity index (χ1) is 24.2. The molecule has 4 aliphatic heterocycles. The molecule has 0 N–H and O–H groups in total. The van der Waals surface area contributed by atoms with Crippen LogP contribution in [0.4, 0.5) is 34.1 Å². The van der Waals surface area contributed by atoms with E-state index in [1.54, 1.807) is 0 Å². The number of hydrogen-bond donors (Lipinski definition) is 0. The highest BCUT2D eigenvalue weighted by Crippen LogP contribution is 2.45. The van der Waals surface area contributed by atoms with Crippen LogP contribution in [0.2, 0.25) is 0 Å². The van der Waals surface area contributed by atoms with Gasteiger partial charge in [-0.05, 0) is 104 Å². The number of fused-ring (bicyclic) bond motifs is 10. The molecule has 2 nitrogen and oxygen atoms in total. The van der Waals surface area contributed by atoms with Gasteiger partial charge in [0.15, 0.2) is 0 Å². The Morgan fingerprint density at radius 1 is 0.388 bits per heavy atom. The number of nitrogens with zero attached hydrogens (tertiary/aromatic N) is 2. The van der Waals surface area contributed by atoms with Crippen molar-refractivity contribution >= 4 is 80.3 Å². The highest BCUT2D eigenvalue weighted by Gasteiger charge is 2.47. The maximum Gasteiger partial charge on any atom is 0.248 e. The Hall–Kier alpha value is -5.73. The summed E-state index contributed by atoms with van der Waals surface area (Å²) in [6.45, 7) is 4.95. The standard InChI is InChI=1S/C45H32B2N2/c1-28(2)29-24-35-33-19-10-12-22-37(33)47-39-26-41-38(27-42(39)49(43(25-29)45(35)47)31-16-7-4-8-17-31)46-36-21-11-9-18-32(36)34-20-13-23-40(44(34)46)48(41)30-14-5-3-6-15-30/h3-28H,1-2H3. The average molecular weight is 622 g/mol. The quantitative estimate of drug-likeness (QED) is 0.190. The van der Waals surface area contributed by atoms with Crippen molar-refractivity contribution in [2.75, 3.05) is 9.80 Å². The van der Waals surface area contributed by atoms with Crippen molar-refractivity contribution in [3.8, 4) is 22.3 Å². The van der Waals surface area contributed by atoms with Gasteiger partial charge in [0.1, 0.15) is 0 Å². The van der Waals surface area contributed by atoms with Crippen LogP contribution >= 0.6 is 0 Å². The molecule has 0 spiro atoms. The highest BCUT2D eigenvalue weighted by atomic mass is 15.2. The monoisotopic (exact) mass is 622 g/mol. The van der Waals surface area contributed by atoms with Gasteiger partial charge < -0.3 is 9.80 Å². The van der Waals surface area contributed by atoms with Crippen LogP contribution in [0.3, 0.4) is 0 Å². The Balaban J connectivity index is 1.27. The van der Waals surface area contributed by atoms with Gasteiger partial charge in [-0.2, -0.15) is 0 Å². The van der Waals surface area contributed by atoms with Crippen LogP contribution < -0.4 is 42.6 Å². The lowest BCUT2D eigenvalue weighted by Crippen LogP contribution is -2.58. The fraction of sp³-hybridized carbons (Fsp3) is 0.0667. The second-order valence-electron chi connectivity index (χ2n) is 14.2. The van der Waals surface area contributed by atoms with Gasteiger partial charge in [-0.25, -0.2) is 0 Å². The van der Waals surface area contributed by atoms with Crippen LogP contribution in [0.5, 0.6) is 0 Å². The zero-order valence-electron chi connectivity index (χ0n) is 27.6. The predicted molar refractivity (Wildman–Crippen MR) is 210 cm³/mol. The first-order valence-corrected chi connectivity index (χ1v) is 17.5. The summed E-state index contributed by atoms with van der Waals surface area (Å²) in [6, 6.07) is 57.1. The van der Waals surface area contributed by atoms with E-state index in [0.29, 0.717) is 5.92 Å². The minimum absolute atomic E-state index is 0.156. The van der Waals surface area contributed by atoms with E-state index in [-0.39, 0.29) is 13.4 Å². The molecule has 0 saturated carbocycles. The van der Waals surface area contributed by atoms with Crippen LogP contribution in [0, 0.1) is 0 Å². The Kier molecular flexibility index (Phi) is 5.51. The average Bonchev–Trinajstić information content (AvgIpc) is 3.67. The largest absolute Gasteiger partial charge is 0.312 e. The molecule has 0 fully saturated rings. The molecule has 0 atom stereocenters. The Morgan fingerprint density at radius 3 is 1.47 bits per heavy atom. The summed E-state index contributed by atoms with van der Waals surface area (Å²) in [6.07, 6.45) is 0. The van der Waals surface area contributed by atoms with Crippen LogP contribution in [-0.4, -0.2) is 13.4 Å². The minimum atomic E-state index is 0.156. The van der Waals surface area contributed by atoms with Gasteiger partial charge in [0.05, 0.1) is 0 Å². The van der Waals surface area contributed by atoms with E-state index in [0.717, 1.165) is 0 Å². The van der Waals surface area contributed by atoms with Crippen LogP contribution in [0.25, 0.3) is 22.3 Å². The third-order valence-corrected chi connectivity index (χ3v) is 11.4. The topological polar surface area (TPSA) is 6.48 Å². The summed E-state index contributed by atoms with van der Waals surface area (Å²) in [5, 5.41) is 0. The summed E-state index contributed by atoms with van der Waals surface area (Å²) in [4.78, 5) is 5.10. The Morgan fingerprint density at radius 2 is 0.878 bits per heavy atom. The molecule has 228 valence electrons. The number of benzene rings is 7. The lowest BCUT2D eigenvalue weighted by atomic mass is 9.34. The van der Waals surface area contributed by atoms with Gasteiger partial charge in [-0.1, -0.05) is 128 Å². The zero-order chi connectivity index (χ0) is 32.4. The lowest BCUT2D eigenvalue weighted by Gasteiger charge is -2.41. The third-order valence-electron chi connectivity index (χ3n) is 11.4. The molecule has 0 saturated heterocycles. The number of hydrogen-bond acceptors (Lipinski definition) is 2. The van der Waals surface area contributed by atoms with E-state index >= 15 is 0 Å². The van der Waals surface area contributed by atoms with E-state index < -0.39 is 0 Å². The normalized spacial score (nSPS) is 13.9. The predicted octanol–water partition coefficient (Wildman–Crippen LogP) is 7.37. The molecule has 0 aromatic heterocycles. The first kappa shape index (κ1) is 27.2. The van der Waals surface area contributed by atoms with E-state index in [2.05, 4.69) is 175 Å². The summed E-state index contributed by atoms with van der Waals surface area (Å²) in [5.41, 5.74) is 22.7. The molecule has 4 aliphatic rings. The lowest BCUT2D eigenvalue weighted by molar-refractivity contribution is 0.867. The minimum Gasteiger partial charge on any atom is -0.312 e. The fourth-order valence-electron chi connectivity index (χ4n) is 9.36. The Bertz CT molecular complexity index is 2510. The summed E-state index contributed by atoms with van der Waals surface area (Å²) in [7, 11) is 0. The zero-order valence-corrected chi connectivity index (χ0v) is 27.6. The second-order valence-corrected chi connectivity index (χ2v) is 14.2. The molecule has 0 amide bonds. The number of para-hydroxylation sites is 2. The molecule has 7 aromatic rings. The van der Waals surface area contributed by atoms with Crippen LogP contribution in [-0.2, 0) is 0 Å². The fourth-order valence-corrected chi connectivity index (χ4v) is 9.36. The van der Waals surface area contributed by atoms with Gasteiger partial charge in [-0.3, -0.25) is 0 Å². The summed E-state index contributed by atoms with van der Waals surface area (Å²) >= 11 is 0. The van der Waals surface area contributed by atoms with Crippen molar-refractivity contribution in [3.63, 3.8) is 0 Å². The van der Waals surface area contributed by atoms with Crippen molar-refractivity contribution in [3.05, 3.63) is 157 Å². The van der Waals surface area contributed by atoms with Crippen molar-refractivity contribution < 1.29 is 0 Å². The second kappa shape index (κ2) is 9.90. The van der Waals surface area contributed by atoms with E-state index in [9.17, 15) is 0 Å². The summed E-state index contributed by atoms with van der Waals surface area (Å²) < 4.78 is 0. The van der Waals surface area contributed by atoms with Gasteiger partial charge in [0.2, 0.25) is 13.4 Å². The van der Waals surface area contributed by atoms with E-state index in [4.69, 9.17) is 0 Å². The molecule has 4 heteroatoms. The number of rotatable bonds is 3. The molecule has 0 radical (unpaired) electrons. The maximum absolute atomic E-state index is 2.57. The van der Waals surface area contributed by atoms with Gasteiger partial charge in [0.25, 0.3) is 0 Å². The first-order valence-electron chi connectivity index (χ1n) is 17.5. The molecular weight excluding hydrogens is 590 g/mol. The molecule has 11 rings (SSSR count). The maximum atomic E-state index is 2.57. The van der Waals surface area contributed by atoms with Crippen molar-refractivity contribution in [2.24, 2.45) is 0 Å². The molecule has 7 aromatic carbocycles. The molecule has 0 bridgehead atoms. The van der Waals surface area contributed by atoms with Gasteiger partial charge in [0, 0.05) is 34.1 Å². The molecule has 0 aliphatic carbocycles. The van der Waals surface area contributed by atoms with Crippen molar-refractivity contribution in [1.29, 1.82) is 0 Å². The highest BCUT2D eigenvalue weighted by molar-refractivity contribution is 7.03. The smallest absolute Gasteiger partial charge is 0.248 e. The SMILES string of the molecule is CC(C)c1cc2c3c(c1)N(c1ccccc1)c1cc4c(cc1B3c1ccccc1-2)N(c1ccccc1)c1cccc2c1B4c1ccccc1-2. The van der Waals surface area contributed by atoms with Crippen molar-refractivity contribution in [2.45, 2.75) is 19.8 Å². The molecule has 0 unspecified atom stereocenters. The Labute approximate surface area is 288 Å². The van der Waals surface area contributed by atoms with E-state index in [1.165, 1.54) is 94.7 Å². The molecular formula is C45H32B2N2. The summed E-state index contributed by atoms with van der Waals surface area (Å²) in [5.74, 6) is 0.416. The number of anilines is 6. The molecule has 49 heavy (non-hydrogen) atoms. The van der Waals surface area contributed by atoms with Crippen LogP contribution in [0.15, 0.2) is 152 Å². The van der Waals surface area contributed by atoms with Gasteiger partial charge in [-0.15, -0.1) is 0 Å². The molecule has 4 heterocycles. The van der Waals surface area contributed by atoms with E-state index in [1.807, 2.05) is 0 Å². The van der Waals surface area contributed by atoms with Crippen LogP contribution in [0.1, 0.15) is 25.3 Å². The van der Waals surface area contributed by atoms with Crippen molar-refractivity contribution in [1.82, 2.24) is 0 Å².